The molecule has 4 aromatic rings. The van der Waals surface area contributed by atoms with Crippen LogP contribution in [0.3, 0.4) is 0 Å². The Bertz CT molecular complexity index is 1410. The highest BCUT2D eigenvalue weighted by molar-refractivity contribution is 7.89. The van der Waals surface area contributed by atoms with Gasteiger partial charge in [-0.1, -0.05) is 11.3 Å². The minimum atomic E-state index is -3.61. The number of rotatable bonds is 7. The van der Waals surface area contributed by atoms with E-state index in [2.05, 4.69) is 10.1 Å². The third-order valence-corrected chi connectivity index (χ3v) is 7.50. The van der Waals surface area contributed by atoms with Gasteiger partial charge in [0.1, 0.15) is 11.5 Å². The number of carbonyl (C=O) groups is 1. The summed E-state index contributed by atoms with van der Waals surface area (Å²) in [6, 6.07) is 14.5. The molecule has 0 radical (unpaired) electrons. The highest BCUT2D eigenvalue weighted by Crippen LogP contribution is 2.32. The quantitative estimate of drug-likeness (QED) is 0.292. The molecule has 2 heterocycles. The zero-order chi connectivity index (χ0) is 23.6. The summed E-state index contributed by atoms with van der Waals surface area (Å²) in [5.74, 6) is 0.660. The maximum absolute atomic E-state index is 13.4. The molecule has 11 heteroatoms. The van der Waals surface area contributed by atoms with Crippen LogP contribution in [0.15, 0.2) is 75.3 Å². The number of carbonyl (C=O) groups excluding carboxylic acids is 1. The molecule has 0 spiro atoms. The predicted molar refractivity (Wildman–Crippen MR) is 127 cm³/mol. The molecule has 0 aliphatic rings. The number of ether oxygens (including phenoxy) is 1. The van der Waals surface area contributed by atoms with E-state index >= 15 is 0 Å². The van der Waals surface area contributed by atoms with Crippen molar-refractivity contribution in [1.29, 1.82) is 0 Å². The molecule has 0 N–H and O–H groups in total. The van der Waals surface area contributed by atoms with Gasteiger partial charge in [0.05, 0.1) is 34.7 Å². The number of aromatic nitrogens is 1. The van der Waals surface area contributed by atoms with E-state index in [0.717, 1.165) is 14.0 Å². The van der Waals surface area contributed by atoms with Gasteiger partial charge in [0, 0.05) is 19.7 Å². The fourth-order valence-corrected chi connectivity index (χ4v) is 4.73. The molecule has 0 aliphatic carbocycles. The molecule has 0 bridgehead atoms. The van der Waals surface area contributed by atoms with Crippen LogP contribution in [0.5, 0.6) is 5.75 Å². The highest BCUT2D eigenvalue weighted by atomic mass is 32.2. The first-order valence-electron chi connectivity index (χ1n) is 9.69. The van der Waals surface area contributed by atoms with E-state index in [-0.39, 0.29) is 10.5 Å². The average Bonchev–Trinajstić information content (AvgIpc) is 3.48. The van der Waals surface area contributed by atoms with Crippen molar-refractivity contribution >= 4 is 48.8 Å². The lowest BCUT2D eigenvalue weighted by molar-refractivity contribution is 0.0987. The first-order chi connectivity index (χ1) is 15.8. The molecule has 2 aromatic carbocycles. The number of methoxy groups -OCH3 is 1. The minimum absolute atomic E-state index is 0.0850. The number of furan rings is 1. The van der Waals surface area contributed by atoms with Crippen molar-refractivity contribution in [3.05, 3.63) is 72.2 Å². The van der Waals surface area contributed by atoms with Gasteiger partial charge >= 0.3 is 0 Å². The van der Waals surface area contributed by atoms with E-state index in [0.29, 0.717) is 22.2 Å². The van der Waals surface area contributed by atoms with Gasteiger partial charge < -0.3 is 9.15 Å². The first kappa shape index (κ1) is 22.6. The van der Waals surface area contributed by atoms with E-state index in [1.807, 2.05) is 6.07 Å². The van der Waals surface area contributed by atoms with E-state index in [1.54, 1.807) is 31.4 Å². The van der Waals surface area contributed by atoms with Crippen LogP contribution < -0.4 is 9.75 Å². The third kappa shape index (κ3) is 4.65. The van der Waals surface area contributed by atoms with E-state index in [4.69, 9.17) is 9.15 Å². The molecule has 1 amide bonds. The smallest absolute Gasteiger partial charge is 0.280 e. The van der Waals surface area contributed by atoms with Crippen molar-refractivity contribution in [2.75, 3.05) is 26.2 Å². The standard InChI is InChI=1S/C22H20N4O5S2/c1-25(2)33(28,29)18-9-6-15(7-10-18)21(27)26(23-14-17-5-4-12-31-17)22-24-19-11-8-16(30-3)13-20(19)32-22/h4-14H,1-3H3/b23-14+. The molecule has 9 nitrogen and oxygen atoms in total. The molecular formula is C22H20N4O5S2. The predicted octanol–water partition coefficient (Wildman–Crippen LogP) is 3.83. The van der Waals surface area contributed by atoms with Crippen molar-refractivity contribution in [2.24, 2.45) is 5.10 Å². The van der Waals surface area contributed by atoms with Crippen LogP contribution in [0.2, 0.25) is 0 Å². The number of sulfonamides is 1. The summed E-state index contributed by atoms with van der Waals surface area (Å²) >= 11 is 1.27. The topological polar surface area (TPSA) is 105 Å². The van der Waals surface area contributed by atoms with E-state index in [1.165, 1.54) is 62.2 Å². The molecule has 0 saturated carbocycles. The third-order valence-electron chi connectivity index (χ3n) is 4.68. The van der Waals surface area contributed by atoms with Crippen LogP contribution in [-0.4, -0.2) is 51.0 Å². The van der Waals surface area contributed by atoms with Crippen molar-refractivity contribution in [1.82, 2.24) is 9.29 Å². The molecule has 0 fully saturated rings. The van der Waals surface area contributed by atoms with Crippen molar-refractivity contribution in [3.8, 4) is 5.75 Å². The molecule has 0 atom stereocenters. The lowest BCUT2D eigenvalue weighted by Crippen LogP contribution is -2.26. The van der Waals surface area contributed by atoms with Crippen molar-refractivity contribution in [3.63, 3.8) is 0 Å². The van der Waals surface area contributed by atoms with Crippen LogP contribution in [0.25, 0.3) is 10.2 Å². The van der Waals surface area contributed by atoms with E-state index < -0.39 is 15.9 Å². The molecular weight excluding hydrogens is 464 g/mol. The zero-order valence-corrected chi connectivity index (χ0v) is 19.6. The molecule has 2 aromatic heterocycles. The lowest BCUT2D eigenvalue weighted by Gasteiger charge is -2.15. The molecule has 170 valence electrons. The summed E-state index contributed by atoms with van der Waals surface area (Å²) < 4.78 is 37.1. The SMILES string of the molecule is COc1ccc2nc(N(/N=C/c3ccco3)C(=O)c3ccc(S(=O)(=O)N(C)C)cc3)sc2c1. The Kier molecular flexibility index (Phi) is 6.27. The molecule has 33 heavy (non-hydrogen) atoms. The summed E-state index contributed by atoms with van der Waals surface area (Å²) in [5.41, 5.74) is 0.940. The summed E-state index contributed by atoms with van der Waals surface area (Å²) in [5, 5.41) is 5.81. The number of benzene rings is 2. The Morgan fingerprint density at radius 1 is 1.15 bits per heavy atom. The van der Waals surface area contributed by atoms with Gasteiger partial charge in [0.2, 0.25) is 15.2 Å². The molecule has 0 unspecified atom stereocenters. The van der Waals surface area contributed by atoms with Gasteiger partial charge in [-0.3, -0.25) is 4.79 Å². The van der Waals surface area contributed by atoms with Gasteiger partial charge in [0.25, 0.3) is 5.91 Å². The number of thiazole rings is 1. The fraction of sp³-hybridized carbons (Fsp3) is 0.136. The largest absolute Gasteiger partial charge is 0.497 e. The number of hydrogen-bond donors (Lipinski definition) is 0. The molecule has 0 saturated heterocycles. The second-order valence-electron chi connectivity index (χ2n) is 7.02. The maximum atomic E-state index is 13.4. The van der Waals surface area contributed by atoms with Gasteiger partial charge in [-0.2, -0.15) is 10.1 Å². The summed E-state index contributed by atoms with van der Waals surface area (Å²) in [4.78, 5) is 18.0. The fourth-order valence-electron chi connectivity index (χ4n) is 2.88. The van der Waals surface area contributed by atoms with Gasteiger partial charge in [-0.25, -0.2) is 17.7 Å². The lowest BCUT2D eigenvalue weighted by atomic mass is 10.2. The number of amides is 1. The summed E-state index contributed by atoms with van der Waals surface area (Å²) in [6.45, 7) is 0. The Morgan fingerprint density at radius 3 is 2.55 bits per heavy atom. The maximum Gasteiger partial charge on any atom is 0.280 e. The summed E-state index contributed by atoms with van der Waals surface area (Å²) in [6.07, 6.45) is 2.91. The first-order valence-corrected chi connectivity index (χ1v) is 11.9. The number of fused-ring (bicyclic) bond motifs is 1. The Hall–Kier alpha value is -3.54. The van der Waals surface area contributed by atoms with Gasteiger partial charge in [-0.15, -0.1) is 0 Å². The van der Waals surface area contributed by atoms with Gasteiger partial charge in [0.15, 0.2) is 0 Å². The van der Waals surface area contributed by atoms with Crippen molar-refractivity contribution in [2.45, 2.75) is 4.90 Å². The van der Waals surface area contributed by atoms with Crippen LogP contribution in [0, 0.1) is 0 Å². The summed E-state index contributed by atoms with van der Waals surface area (Å²) in [7, 11) is 0.857. The monoisotopic (exact) mass is 484 g/mol. The minimum Gasteiger partial charge on any atom is -0.497 e. The molecule has 0 aliphatic heterocycles. The average molecular weight is 485 g/mol. The normalized spacial score (nSPS) is 12.0. The zero-order valence-electron chi connectivity index (χ0n) is 18.0. The Morgan fingerprint density at radius 2 is 1.91 bits per heavy atom. The van der Waals surface area contributed by atoms with E-state index in [9.17, 15) is 13.2 Å². The number of hydrogen-bond acceptors (Lipinski definition) is 8. The van der Waals surface area contributed by atoms with Crippen LogP contribution in [0.4, 0.5) is 5.13 Å². The molecule has 4 rings (SSSR count). The van der Waals surface area contributed by atoms with Crippen LogP contribution >= 0.6 is 11.3 Å². The second kappa shape index (κ2) is 9.14. The van der Waals surface area contributed by atoms with Gasteiger partial charge in [-0.05, 0) is 54.6 Å². The number of anilines is 1. The Balaban J connectivity index is 1.72. The Labute approximate surface area is 194 Å². The van der Waals surface area contributed by atoms with Crippen LogP contribution in [0.1, 0.15) is 16.1 Å². The highest BCUT2D eigenvalue weighted by Gasteiger charge is 2.23. The van der Waals surface area contributed by atoms with Crippen LogP contribution in [-0.2, 0) is 10.0 Å². The second-order valence-corrected chi connectivity index (χ2v) is 10.2. The number of hydrazone groups is 1. The number of nitrogens with zero attached hydrogens (tertiary/aromatic N) is 4. The van der Waals surface area contributed by atoms with Crippen molar-refractivity contribution < 1.29 is 22.4 Å².